The van der Waals surface area contributed by atoms with Crippen molar-refractivity contribution in [2.75, 3.05) is 34.3 Å². The molecule has 0 bridgehead atoms. The predicted octanol–water partition coefficient (Wildman–Crippen LogP) is 2.21. The SMILES string of the molecule is COc1ccc(F)cc1C(O)=C1C(=O)C(=O)N(CCN(C)C)[C@@H]1c1cccnc1. The van der Waals surface area contributed by atoms with Gasteiger partial charge in [-0.2, -0.15) is 0 Å². The Morgan fingerprint density at radius 2 is 2.07 bits per heavy atom. The van der Waals surface area contributed by atoms with Gasteiger partial charge in [-0.3, -0.25) is 14.6 Å². The molecule has 7 nitrogen and oxygen atoms in total. The van der Waals surface area contributed by atoms with Crippen LogP contribution in [0.4, 0.5) is 4.39 Å². The summed E-state index contributed by atoms with van der Waals surface area (Å²) >= 11 is 0. The van der Waals surface area contributed by atoms with E-state index in [1.54, 1.807) is 18.3 Å². The van der Waals surface area contributed by atoms with Gasteiger partial charge in [0.25, 0.3) is 11.7 Å². The number of carbonyl (C=O) groups excluding carboxylic acids is 2. The molecule has 1 saturated heterocycles. The molecule has 0 saturated carbocycles. The molecule has 152 valence electrons. The van der Waals surface area contributed by atoms with Crippen LogP contribution in [-0.4, -0.2) is 65.9 Å². The zero-order valence-electron chi connectivity index (χ0n) is 16.4. The first-order valence-corrected chi connectivity index (χ1v) is 9.02. The van der Waals surface area contributed by atoms with E-state index in [4.69, 9.17) is 4.74 Å². The number of rotatable bonds is 6. The average Bonchev–Trinajstić information content (AvgIpc) is 2.97. The van der Waals surface area contributed by atoms with Crippen molar-refractivity contribution in [1.29, 1.82) is 0 Å². The molecule has 2 aromatic rings. The second-order valence-electron chi connectivity index (χ2n) is 6.93. The number of hydrogen-bond acceptors (Lipinski definition) is 6. The van der Waals surface area contributed by atoms with Crippen molar-refractivity contribution in [1.82, 2.24) is 14.8 Å². The summed E-state index contributed by atoms with van der Waals surface area (Å²) in [5, 5.41) is 11.0. The standard InChI is InChI=1S/C21H22FN3O4/c1-24(2)9-10-25-18(13-5-4-8-23-12-13)17(20(27)21(25)28)19(26)15-11-14(22)6-7-16(15)29-3/h4-8,11-12,18,26H,9-10H2,1-3H3/t18-/m1/s1. The Kier molecular flexibility index (Phi) is 5.93. The lowest BCUT2D eigenvalue weighted by Gasteiger charge is -2.26. The third-order valence-electron chi connectivity index (χ3n) is 4.74. The van der Waals surface area contributed by atoms with Crippen LogP contribution < -0.4 is 4.74 Å². The summed E-state index contributed by atoms with van der Waals surface area (Å²) in [5.74, 6) is -2.46. The molecule has 0 spiro atoms. The summed E-state index contributed by atoms with van der Waals surface area (Å²) in [4.78, 5) is 33.0. The van der Waals surface area contributed by atoms with Crippen LogP contribution in [0.3, 0.4) is 0 Å². The fourth-order valence-electron chi connectivity index (χ4n) is 3.31. The van der Waals surface area contributed by atoms with Gasteiger partial charge >= 0.3 is 0 Å². The largest absolute Gasteiger partial charge is 0.507 e. The van der Waals surface area contributed by atoms with E-state index in [2.05, 4.69) is 4.98 Å². The van der Waals surface area contributed by atoms with Crippen LogP contribution in [0.5, 0.6) is 5.75 Å². The summed E-state index contributed by atoms with van der Waals surface area (Å²) in [6.45, 7) is 0.793. The van der Waals surface area contributed by atoms with E-state index in [9.17, 15) is 19.1 Å². The van der Waals surface area contributed by atoms with Crippen molar-refractivity contribution in [3.63, 3.8) is 0 Å². The Labute approximate surface area is 168 Å². The van der Waals surface area contributed by atoms with E-state index in [0.717, 1.165) is 6.07 Å². The minimum Gasteiger partial charge on any atom is -0.507 e. The van der Waals surface area contributed by atoms with E-state index < -0.39 is 29.3 Å². The number of aromatic nitrogens is 1. The molecule has 3 rings (SSSR count). The van der Waals surface area contributed by atoms with Gasteiger partial charge in [0, 0.05) is 25.5 Å². The maximum Gasteiger partial charge on any atom is 0.295 e. The van der Waals surface area contributed by atoms with Gasteiger partial charge in [0.05, 0.1) is 24.3 Å². The zero-order valence-corrected chi connectivity index (χ0v) is 16.4. The number of halogens is 1. The van der Waals surface area contributed by atoms with Crippen molar-refractivity contribution < 1.29 is 23.8 Å². The second kappa shape index (κ2) is 8.40. The Hall–Kier alpha value is -3.26. The second-order valence-corrected chi connectivity index (χ2v) is 6.93. The lowest BCUT2D eigenvalue weighted by molar-refractivity contribution is -0.140. The van der Waals surface area contributed by atoms with Gasteiger partial charge in [-0.25, -0.2) is 4.39 Å². The fraction of sp³-hybridized carbons (Fsp3) is 0.286. The van der Waals surface area contributed by atoms with Crippen molar-refractivity contribution in [3.05, 3.63) is 65.2 Å². The molecule has 1 aliphatic heterocycles. The normalized spacial score (nSPS) is 18.5. The van der Waals surface area contributed by atoms with Gasteiger partial charge in [-0.05, 0) is 43.9 Å². The Balaban J connectivity index is 2.19. The van der Waals surface area contributed by atoms with E-state index >= 15 is 0 Å². The maximum absolute atomic E-state index is 13.8. The van der Waals surface area contributed by atoms with Crippen LogP contribution >= 0.6 is 0 Å². The number of aliphatic hydroxyl groups excluding tert-OH is 1. The zero-order chi connectivity index (χ0) is 21.1. The lowest BCUT2D eigenvalue weighted by Crippen LogP contribution is -2.35. The number of methoxy groups -OCH3 is 1. The number of likely N-dealkylation sites (tertiary alicyclic amines) is 1. The number of likely N-dealkylation sites (N-methyl/N-ethyl adjacent to an activating group) is 1. The molecule has 1 fully saturated rings. The summed E-state index contributed by atoms with van der Waals surface area (Å²) in [6, 6.07) is 6.18. The van der Waals surface area contributed by atoms with Crippen LogP contribution in [0.25, 0.3) is 5.76 Å². The third kappa shape index (κ3) is 3.97. The molecule has 1 atom stereocenters. The minimum absolute atomic E-state index is 0.00648. The molecule has 0 radical (unpaired) electrons. The number of benzene rings is 1. The highest BCUT2D eigenvalue weighted by Crippen LogP contribution is 2.40. The van der Waals surface area contributed by atoms with Crippen LogP contribution in [0.15, 0.2) is 48.3 Å². The van der Waals surface area contributed by atoms with Crippen LogP contribution in [0.2, 0.25) is 0 Å². The number of carbonyl (C=O) groups is 2. The first-order chi connectivity index (χ1) is 13.8. The molecule has 0 unspecified atom stereocenters. The van der Waals surface area contributed by atoms with Gasteiger partial charge in [-0.15, -0.1) is 0 Å². The van der Waals surface area contributed by atoms with Gasteiger partial charge in [0.15, 0.2) is 0 Å². The summed E-state index contributed by atoms with van der Waals surface area (Å²) in [5.41, 5.74) is 0.458. The minimum atomic E-state index is -0.836. The van der Waals surface area contributed by atoms with Gasteiger partial charge in [0.1, 0.15) is 17.3 Å². The van der Waals surface area contributed by atoms with Gasteiger partial charge in [-0.1, -0.05) is 6.07 Å². The molecule has 29 heavy (non-hydrogen) atoms. The Morgan fingerprint density at radius 1 is 1.31 bits per heavy atom. The van der Waals surface area contributed by atoms with E-state index in [0.29, 0.717) is 12.1 Å². The number of aliphatic hydroxyl groups is 1. The fourth-order valence-corrected chi connectivity index (χ4v) is 3.31. The quantitative estimate of drug-likeness (QED) is 0.456. The maximum atomic E-state index is 13.8. The number of Topliss-reactive ketones (excluding diaryl/α,β-unsaturated/α-hetero) is 1. The summed E-state index contributed by atoms with van der Waals surface area (Å²) in [7, 11) is 5.08. The highest BCUT2D eigenvalue weighted by atomic mass is 19.1. The van der Waals surface area contributed by atoms with Crippen LogP contribution in [0, 0.1) is 5.82 Å². The Morgan fingerprint density at radius 3 is 2.69 bits per heavy atom. The van der Waals surface area contributed by atoms with Gasteiger partial charge in [0.2, 0.25) is 0 Å². The Bertz CT molecular complexity index is 960. The predicted molar refractivity (Wildman–Crippen MR) is 105 cm³/mol. The monoisotopic (exact) mass is 399 g/mol. The molecule has 1 N–H and O–H groups in total. The van der Waals surface area contributed by atoms with Gasteiger partial charge < -0.3 is 19.6 Å². The molecule has 8 heteroatoms. The van der Waals surface area contributed by atoms with E-state index in [1.807, 2.05) is 19.0 Å². The van der Waals surface area contributed by atoms with Crippen LogP contribution in [-0.2, 0) is 9.59 Å². The topological polar surface area (TPSA) is 83.0 Å². The highest BCUT2D eigenvalue weighted by Gasteiger charge is 2.46. The molecular formula is C21H22FN3O4. The molecular weight excluding hydrogens is 377 g/mol. The molecule has 1 aromatic carbocycles. The summed E-state index contributed by atoms with van der Waals surface area (Å²) in [6.07, 6.45) is 3.11. The first kappa shape index (κ1) is 20.5. The van der Waals surface area contributed by atoms with E-state index in [1.165, 1.54) is 30.3 Å². The number of ketones is 1. The number of ether oxygens (including phenoxy) is 1. The molecule has 1 amide bonds. The number of pyridine rings is 1. The van der Waals surface area contributed by atoms with E-state index in [-0.39, 0.29) is 23.4 Å². The molecule has 0 aliphatic carbocycles. The number of amides is 1. The van der Waals surface area contributed by atoms with Crippen molar-refractivity contribution in [3.8, 4) is 5.75 Å². The van der Waals surface area contributed by atoms with Crippen LogP contribution in [0.1, 0.15) is 17.2 Å². The molecule has 1 aliphatic rings. The molecule has 2 heterocycles. The van der Waals surface area contributed by atoms with Crippen molar-refractivity contribution in [2.24, 2.45) is 0 Å². The number of hydrogen-bond donors (Lipinski definition) is 1. The van der Waals surface area contributed by atoms with Crippen molar-refractivity contribution >= 4 is 17.4 Å². The molecule has 1 aromatic heterocycles. The first-order valence-electron chi connectivity index (χ1n) is 9.02. The summed E-state index contributed by atoms with van der Waals surface area (Å²) < 4.78 is 19.0. The average molecular weight is 399 g/mol. The van der Waals surface area contributed by atoms with Crippen molar-refractivity contribution in [2.45, 2.75) is 6.04 Å². The lowest BCUT2D eigenvalue weighted by atomic mass is 9.96. The third-order valence-corrected chi connectivity index (χ3v) is 4.74. The highest BCUT2D eigenvalue weighted by molar-refractivity contribution is 6.46. The number of nitrogens with zero attached hydrogens (tertiary/aromatic N) is 3. The smallest absolute Gasteiger partial charge is 0.295 e.